The Balaban J connectivity index is 2.10. The molecule has 0 spiro atoms. The molecular formula is C14H15N3O2S. The molecule has 2 heterocycles. The Hall–Kier alpha value is -1.95. The van der Waals surface area contributed by atoms with Gasteiger partial charge in [-0.25, -0.2) is 8.42 Å². The highest BCUT2D eigenvalue weighted by Crippen LogP contribution is 2.22. The van der Waals surface area contributed by atoms with Crippen molar-refractivity contribution < 1.29 is 8.42 Å². The summed E-state index contributed by atoms with van der Waals surface area (Å²) in [6.07, 6.45) is 4.79. The van der Waals surface area contributed by atoms with E-state index in [0.717, 1.165) is 11.1 Å². The maximum absolute atomic E-state index is 12.2. The monoisotopic (exact) mass is 289 g/mol. The van der Waals surface area contributed by atoms with Crippen molar-refractivity contribution in [1.82, 2.24) is 14.8 Å². The summed E-state index contributed by atoms with van der Waals surface area (Å²) in [6, 6.07) is 7.95. The lowest BCUT2D eigenvalue weighted by Crippen LogP contribution is -2.12. The van der Waals surface area contributed by atoms with E-state index in [1.807, 2.05) is 37.3 Å². The predicted molar refractivity (Wildman–Crippen MR) is 76.8 cm³/mol. The average Bonchev–Trinajstić information content (AvgIpc) is 2.73. The van der Waals surface area contributed by atoms with Gasteiger partial charge in [0.1, 0.15) is 5.82 Å². The van der Waals surface area contributed by atoms with Crippen molar-refractivity contribution >= 4 is 22.1 Å². The molecule has 0 bridgehead atoms. The molecule has 0 saturated carbocycles. The van der Waals surface area contributed by atoms with E-state index < -0.39 is 9.84 Å². The van der Waals surface area contributed by atoms with Crippen LogP contribution in [0.3, 0.4) is 0 Å². The molecule has 5 nitrogen and oxygen atoms in total. The lowest BCUT2D eigenvalue weighted by molar-refractivity contribution is 0.583. The summed E-state index contributed by atoms with van der Waals surface area (Å²) in [6.45, 7) is 1.84. The van der Waals surface area contributed by atoms with Crippen LogP contribution in [0, 0.1) is 0 Å². The molecule has 0 amide bonds. The molecule has 0 atom stereocenters. The molecule has 20 heavy (non-hydrogen) atoms. The molecule has 0 unspecified atom stereocenters. The standard InChI is InChI=1S/C14H15N3O2S/c1-2-9-20(18,19)14-16-15-13-10-12-6-4-3-5-11(12)7-8-17(13)14/h3-8H,2,9-10H2,1H3. The molecule has 0 N–H and O–H groups in total. The highest BCUT2D eigenvalue weighted by atomic mass is 32.2. The highest BCUT2D eigenvalue weighted by molar-refractivity contribution is 7.91. The fourth-order valence-electron chi connectivity index (χ4n) is 2.33. The predicted octanol–water partition coefficient (Wildman–Crippen LogP) is 1.99. The molecule has 2 aromatic rings. The SMILES string of the molecule is CCCS(=O)(=O)c1nnc2n1C=Cc1ccccc1C2. The van der Waals surface area contributed by atoms with Crippen LogP contribution in [0.5, 0.6) is 0 Å². The third-order valence-corrected chi connectivity index (χ3v) is 5.07. The molecule has 0 aliphatic carbocycles. The van der Waals surface area contributed by atoms with Gasteiger partial charge in [0.15, 0.2) is 0 Å². The number of fused-ring (bicyclic) bond motifs is 2. The summed E-state index contributed by atoms with van der Waals surface area (Å²) < 4.78 is 26.0. The van der Waals surface area contributed by atoms with Crippen LogP contribution in [0.4, 0.5) is 0 Å². The van der Waals surface area contributed by atoms with Crippen LogP contribution in [0.15, 0.2) is 29.4 Å². The molecule has 1 aliphatic rings. The molecule has 104 valence electrons. The largest absolute Gasteiger partial charge is 0.277 e. The Kier molecular flexibility index (Phi) is 3.17. The van der Waals surface area contributed by atoms with Gasteiger partial charge in [0.25, 0.3) is 5.16 Å². The lowest BCUT2D eigenvalue weighted by Gasteiger charge is -2.03. The van der Waals surface area contributed by atoms with Crippen LogP contribution >= 0.6 is 0 Å². The lowest BCUT2D eigenvalue weighted by atomic mass is 10.1. The van der Waals surface area contributed by atoms with E-state index in [1.54, 1.807) is 10.8 Å². The van der Waals surface area contributed by atoms with E-state index >= 15 is 0 Å². The zero-order chi connectivity index (χ0) is 14.2. The molecule has 1 aliphatic heterocycles. The van der Waals surface area contributed by atoms with Gasteiger partial charge in [-0.3, -0.25) is 4.57 Å². The third kappa shape index (κ3) is 2.16. The van der Waals surface area contributed by atoms with Gasteiger partial charge in [0, 0.05) is 12.6 Å². The smallest absolute Gasteiger partial charge is 0.253 e. The van der Waals surface area contributed by atoms with Crippen LogP contribution in [0.2, 0.25) is 0 Å². The molecule has 0 fully saturated rings. The van der Waals surface area contributed by atoms with Gasteiger partial charge in [-0.2, -0.15) is 0 Å². The summed E-state index contributed by atoms with van der Waals surface area (Å²) in [5, 5.41) is 7.96. The van der Waals surface area contributed by atoms with Crippen LogP contribution in [0.1, 0.15) is 30.3 Å². The summed E-state index contributed by atoms with van der Waals surface area (Å²) >= 11 is 0. The number of hydrogen-bond acceptors (Lipinski definition) is 4. The van der Waals surface area contributed by atoms with E-state index in [4.69, 9.17) is 0 Å². The number of rotatable bonds is 3. The number of nitrogens with zero attached hydrogens (tertiary/aromatic N) is 3. The van der Waals surface area contributed by atoms with Gasteiger partial charge < -0.3 is 0 Å². The first kappa shape index (κ1) is 13.1. The molecule has 3 rings (SSSR count). The summed E-state index contributed by atoms with van der Waals surface area (Å²) in [5.41, 5.74) is 2.20. The Morgan fingerprint density at radius 1 is 1.25 bits per heavy atom. The summed E-state index contributed by atoms with van der Waals surface area (Å²) in [7, 11) is -3.37. The molecule has 1 aromatic carbocycles. The van der Waals surface area contributed by atoms with Crippen molar-refractivity contribution in [2.75, 3.05) is 5.75 Å². The van der Waals surface area contributed by atoms with E-state index in [1.165, 1.54) is 0 Å². The van der Waals surface area contributed by atoms with E-state index in [9.17, 15) is 8.42 Å². The van der Waals surface area contributed by atoms with E-state index in [0.29, 0.717) is 18.7 Å². The Morgan fingerprint density at radius 2 is 2.05 bits per heavy atom. The number of aromatic nitrogens is 3. The number of sulfone groups is 1. The van der Waals surface area contributed by atoms with Gasteiger partial charge in [-0.15, -0.1) is 10.2 Å². The fourth-order valence-corrected chi connectivity index (χ4v) is 3.68. The highest BCUT2D eigenvalue weighted by Gasteiger charge is 2.24. The average molecular weight is 289 g/mol. The minimum Gasteiger partial charge on any atom is -0.277 e. The maximum Gasteiger partial charge on any atom is 0.253 e. The van der Waals surface area contributed by atoms with Crippen molar-refractivity contribution in [3.63, 3.8) is 0 Å². The number of benzene rings is 1. The van der Waals surface area contributed by atoms with Crippen molar-refractivity contribution in [2.24, 2.45) is 0 Å². The van der Waals surface area contributed by atoms with Crippen molar-refractivity contribution in [3.05, 3.63) is 41.2 Å². The topological polar surface area (TPSA) is 64.8 Å². The molecule has 0 radical (unpaired) electrons. The second-order valence-electron chi connectivity index (χ2n) is 4.78. The molecular weight excluding hydrogens is 274 g/mol. The Bertz CT molecular complexity index is 775. The quantitative estimate of drug-likeness (QED) is 0.739. The first-order valence-electron chi connectivity index (χ1n) is 6.54. The van der Waals surface area contributed by atoms with Crippen molar-refractivity contribution in [2.45, 2.75) is 24.9 Å². The minimum absolute atomic E-state index is 0.0402. The molecule has 0 saturated heterocycles. The van der Waals surface area contributed by atoms with E-state index in [-0.39, 0.29) is 10.9 Å². The molecule has 1 aromatic heterocycles. The van der Waals surface area contributed by atoms with Gasteiger partial charge in [0.2, 0.25) is 9.84 Å². The number of hydrogen-bond donors (Lipinski definition) is 0. The summed E-state index contributed by atoms with van der Waals surface area (Å²) in [5.74, 6) is 0.743. The van der Waals surface area contributed by atoms with Crippen molar-refractivity contribution in [1.29, 1.82) is 0 Å². The first-order valence-corrected chi connectivity index (χ1v) is 8.19. The van der Waals surface area contributed by atoms with Crippen LogP contribution in [0.25, 0.3) is 12.3 Å². The van der Waals surface area contributed by atoms with Crippen LogP contribution in [-0.2, 0) is 16.3 Å². The first-order chi connectivity index (χ1) is 9.62. The van der Waals surface area contributed by atoms with E-state index in [2.05, 4.69) is 10.2 Å². The van der Waals surface area contributed by atoms with Crippen LogP contribution in [-0.4, -0.2) is 28.9 Å². The minimum atomic E-state index is -3.37. The maximum atomic E-state index is 12.2. The Labute approximate surface area is 117 Å². The van der Waals surface area contributed by atoms with Gasteiger partial charge in [-0.05, 0) is 23.6 Å². The Morgan fingerprint density at radius 3 is 2.85 bits per heavy atom. The zero-order valence-electron chi connectivity index (χ0n) is 11.2. The summed E-state index contributed by atoms with van der Waals surface area (Å²) in [4.78, 5) is 0. The van der Waals surface area contributed by atoms with Gasteiger partial charge >= 0.3 is 0 Å². The van der Waals surface area contributed by atoms with Crippen LogP contribution < -0.4 is 0 Å². The zero-order valence-corrected chi connectivity index (χ0v) is 12.0. The normalized spacial score (nSPS) is 13.7. The second kappa shape index (κ2) is 4.86. The van der Waals surface area contributed by atoms with Crippen molar-refractivity contribution in [3.8, 4) is 0 Å². The van der Waals surface area contributed by atoms with Gasteiger partial charge in [0.05, 0.1) is 5.75 Å². The second-order valence-corrected chi connectivity index (χ2v) is 6.78. The molecule has 6 heteroatoms. The fraction of sp³-hybridized carbons (Fsp3) is 0.286. The third-order valence-electron chi connectivity index (χ3n) is 3.29. The van der Waals surface area contributed by atoms with Gasteiger partial charge in [-0.1, -0.05) is 31.2 Å².